The van der Waals surface area contributed by atoms with Crippen molar-refractivity contribution in [3.8, 4) is 0 Å². The van der Waals surface area contributed by atoms with Crippen molar-refractivity contribution in [3.63, 3.8) is 0 Å². The number of carbonyl (C=O) groups is 1. The molecule has 2 aliphatic heterocycles. The number of benzene rings is 1. The number of hydrogen-bond acceptors (Lipinski definition) is 4. The van der Waals surface area contributed by atoms with Crippen LogP contribution in [0.5, 0.6) is 0 Å². The number of rotatable bonds is 2. The van der Waals surface area contributed by atoms with Crippen LogP contribution in [0.3, 0.4) is 0 Å². The van der Waals surface area contributed by atoms with E-state index in [1.54, 1.807) is 0 Å². The summed E-state index contributed by atoms with van der Waals surface area (Å²) in [4.78, 5) is 14.5. The molecule has 3 rings (SSSR count). The average molecular weight is 260 g/mol. The van der Waals surface area contributed by atoms with Crippen molar-refractivity contribution in [1.82, 2.24) is 15.3 Å². The van der Waals surface area contributed by atoms with Gasteiger partial charge in [0, 0.05) is 38.3 Å². The molecule has 0 aliphatic carbocycles. The molecule has 1 amide bonds. The molecular formula is C14H20N4O. The van der Waals surface area contributed by atoms with Crippen LogP contribution in [0.15, 0.2) is 24.3 Å². The van der Waals surface area contributed by atoms with E-state index >= 15 is 0 Å². The van der Waals surface area contributed by atoms with Gasteiger partial charge in [-0.1, -0.05) is 18.2 Å². The van der Waals surface area contributed by atoms with Gasteiger partial charge < -0.3 is 10.2 Å². The average Bonchev–Trinajstić information content (AvgIpc) is 2.85. The van der Waals surface area contributed by atoms with Gasteiger partial charge in [0.25, 0.3) is 5.91 Å². The number of anilines is 1. The van der Waals surface area contributed by atoms with Crippen LogP contribution < -0.4 is 10.7 Å². The largest absolute Gasteiger partial charge is 0.373 e. The Morgan fingerprint density at radius 3 is 2.74 bits per heavy atom. The number of hydrogen-bond donors (Lipinski definition) is 2. The number of hydrazine groups is 1. The van der Waals surface area contributed by atoms with Gasteiger partial charge >= 0.3 is 0 Å². The van der Waals surface area contributed by atoms with E-state index in [0.717, 1.165) is 38.3 Å². The highest BCUT2D eigenvalue weighted by molar-refractivity contribution is 5.87. The molecule has 2 N–H and O–H groups in total. The minimum atomic E-state index is -0.142. The van der Waals surface area contributed by atoms with Crippen molar-refractivity contribution in [1.29, 1.82) is 0 Å². The summed E-state index contributed by atoms with van der Waals surface area (Å²) in [5.41, 5.74) is 5.33. The molecular weight excluding hydrogens is 240 g/mol. The highest BCUT2D eigenvalue weighted by atomic mass is 16.2. The lowest BCUT2D eigenvalue weighted by Gasteiger charge is -2.33. The van der Waals surface area contributed by atoms with Gasteiger partial charge in [-0.05, 0) is 18.7 Å². The van der Waals surface area contributed by atoms with Crippen LogP contribution in [0.25, 0.3) is 0 Å². The lowest BCUT2D eigenvalue weighted by molar-refractivity contribution is -0.127. The monoisotopic (exact) mass is 260 g/mol. The first-order valence-corrected chi connectivity index (χ1v) is 6.81. The maximum atomic E-state index is 12.2. The van der Waals surface area contributed by atoms with Crippen molar-refractivity contribution < 1.29 is 4.79 Å². The Morgan fingerprint density at radius 2 is 2.00 bits per heavy atom. The molecule has 1 aromatic carbocycles. The van der Waals surface area contributed by atoms with Crippen LogP contribution >= 0.6 is 0 Å². The predicted octanol–water partition coefficient (Wildman–Crippen LogP) is 0.302. The third-order valence-electron chi connectivity index (χ3n) is 3.86. The molecule has 0 spiro atoms. The minimum Gasteiger partial charge on any atom is -0.373 e. The van der Waals surface area contributed by atoms with Gasteiger partial charge in [-0.15, -0.1) is 0 Å². The van der Waals surface area contributed by atoms with Crippen LogP contribution in [0.1, 0.15) is 5.56 Å². The third-order valence-corrected chi connectivity index (χ3v) is 3.86. The highest BCUT2D eigenvalue weighted by Crippen LogP contribution is 2.25. The number of nitrogens with one attached hydrogen (secondary N) is 2. The maximum absolute atomic E-state index is 12.2. The fraction of sp³-hybridized carbons (Fsp3) is 0.500. The topological polar surface area (TPSA) is 47.6 Å². The fourth-order valence-corrected chi connectivity index (χ4v) is 2.61. The number of nitrogens with zero attached hydrogens (tertiary/aromatic N) is 2. The van der Waals surface area contributed by atoms with E-state index in [-0.39, 0.29) is 11.9 Å². The summed E-state index contributed by atoms with van der Waals surface area (Å²) >= 11 is 0. The van der Waals surface area contributed by atoms with Crippen LogP contribution in [0.2, 0.25) is 0 Å². The number of carbonyl (C=O) groups excluding carboxylic acids is 1. The minimum absolute atomic E-state index is 0.0701. The molecule has 5 nitrogen and oxygen atoms in total. The third kappa shape index (κ3) is 2.72. The highest BCUT2D eigenvalue weighted by Gasteiger charge is 2.27. The summed E-state index contributed by atoms with van der Waals surface area (Å²) in [5.74, 6) is 0.0701. The van der Waals surface area contributed by atoms with Crippen LogP contribution in [-0.4, -0.2) is 55.1 Å². The Bertz CT molecular complexity index is 443. The van der Waals surface area contributed by atoms with Crippen LogP contribution in [0, 0.1) is 0 Å². The zero-order valence-electron chi connectivity index (χ0n) is 11.2. The Hall–Kier alpha value is -1.59. The van der Waals surface area contributed by atoms with Gasteiger partial charge in [0.1, 0.15) is 6.04 Å². The number of likely N-dealkylation sites (N-methyl/N-ethyl adjacent to an activating group) is 1. The first-order chi connectivity index (χ1) is 9.22. The van der Waals surface area contributed by atoms with Gasteiger partial charge in [0.2, 0.25) is 0 Å². The van der Waals surface area contributed by atoms with Crippen molar-refractivity contribution in [2.75, 3.05) is 38.5 Å². The molecule has 2 heterocycles. The molecule has 0 aromatic heterocycles. The second-order valence-electron chi connectivity index (χ2n) is 5.32. The van der Waals surface area contributed by atoms with Crippen molar-refractivity contribution >= 4 is 11.6 Å². The standard InChI is InChI=1S/C14H20N4O/c1-17-6-8-18(9-7-17)16-14(19)13-10-11-4-2-3-5-12(11)15-13/h2-5,13,15H,6-10H2,1H3,(H,16,19). The quantitative estimate of drug-likeness (QED) is 0.803. The molecule has 0 bridgehead atoms. The molecule has 102 valence electrons. The smallest absolute Gasteiger partial charge is 0.257 e. The summed E-state index contributed by atoms with van der Waals surface area (Å²) < 4.78 is 0. The van der Waals surface area contributed by atoms with E-state index in [0.29, 0.717) is 0 Å². The first-order valence-electron chi connectivity index (χ1n) is 6.81. The first kappa shape index (κ1) is 12.4. The maximum Gasteiger partial charge on any atom is 0.257 e. The molecule has 19 heavy (non-hydrogen) atoms. The zero-order valence-corrected chi connectivity index (χ0v) is 11.2. The molecule has 1 atom stereocenters. The van der Waals surface area contributed by atoms with Gasteiger partial charge in [-0.2, -0.15) is 0 Å². The number of piperazine rings is 1. The molecule has 1 aromatic rings. The van der Waals surface area contributed by atoms with Crippen LogP contribution in [0.4, 0.5) is 5.69 Å². The molecule has 1 saturated heterocycles. The summed E-state index contributed by atoms with van der Waals surface area (Å²) in [7, 11) is 2.11. The van der Waals surface area contributed by atoms with E-state index in [1.165, 1.54) is 5.56 Å². The number of amides is 1. The van der Waals surface area contributed by atoms with Crippen molar-refractivity contribution in [2.45, 2.75) is 12.5 Å². The summed E-state index contributed by atoms with van der Waals surface area (Å²) in [6.45, 7) is 3.78. The Balaban J connectivity index is 1.55. The predicted molar refractivity (Wildman–Crippen MR) is 74.8 cm³/mol. The van der Waals surface area contributed by atoms with Crippen molar-refractivity contribution in [3.05, 3.63) is 29.8 Å². The lowest BCUT2D eigenvalue weighted by Crippen LogP contribution is -2.55. The molecule has 1 unspecified atom stereocenters. The van der Waals surface area contributed by atoms with Gasteiger partial charge in [0.15, 0.2) is 0 Å². The summed E-state index contributed by atoms with van der Waals surface area (Å²) in [6, 6.07) is 7.97. The van der Waals surface area contributed by atoms with Gasteiger partial charge in [-0.3, -0.25) is 10.2 Å². The molecule has 1 fully saturated rings. The number of fused-ring (bicyclic) bond motifs is 1. The summed E-state index contributed by atoms with van der Waals surface area (Å²) in [5, 5.41) is 5.30. The van der Waals surface area contributed by atoms with E-state index in [2.05, 4.69) is 28.8 Å². The zero-order chi connectivity index (χ0) is 13.2. The Kier molecular flexibility index (Phi) is 3.40. The normalized spacial score (nSPS) is 23.7. The fourth-order valence-electron chi connectivity index (χ4n) is 2.61. The molecule has 2 aliphatic rings. The van der Waals surface area contributed by atoms with E-state index in [4.69, 9.17) is 0 Å². The number of para-hydroxylation sites is 1. The van der Waals surface area contributed by atoms with Crippen LogP contribution in [-0.2, 0) is 11.2 Å². The Labute approximate surface area is 113 Å². The SMILES string of the molecule is CN1CCN(NC(=O)C2Cc3ccccc3N2)CC1. The Morgan fingerprint density at radius 1 is 1.26 bits per heavy atom. The molecule has 0 radical (unpaired) electrons. The molecule has 5 heteroatoms. The van der Waals surface area contributed by atoms with Crippen molar-refractivity contribution in [2.24, 2.45) is 0 Å². The van der Waals surface area contributed by atoms with E-state index in [9.17, 15) is 4.79 Å². The second-order valence-corrected chi connectivity index (χ2v) is 5.32. The summed E-state index contributed by atoms with van der Waals surface area (Å²) in [6.07, 6.45) is 0.774. The lowest BCUT2D eigenvalue weighted by atomic mass is 10.1. The van der Waals surface area contributed by atoms with Gasteiger partial charge in [0.05, 0.1) is 0 Å². The van der Waals surface area contributed by atoms with E-state index < -0.39 is 0 Å². The second kappa shape index (κ2) is 5.19. The van der Waals surface area contributed by atoms with E-state index in [1.807, 2.05) is 23.2 Å². The molecule has 0 saturated carbocycles. The van der Waals surface area contributed by atoms with Gasteiger partial charge in [-0.25, -0.2) is 5.01 Å².